The molecule has 1 aromatic heterocycles. The van der Waals surface area contributed by atoms with Crippen molar-refractivity contribution in [1.82, 2.24) is 9.97 Å². The van der Waals surface area contributed by atoms with Gasteiger partial charge in [-0.15, -0.1) is 0 Å². The van der Waals surface area contributed by atoms with Crippen LogP contribution in [0.3, 0.4) is 0 Å². The second-order valence-electron chi connectivity index (χ2n) is 5.53. The lowest BCUT2D eigenvalue weighted by molar-refractivity contribution is -0.157. The van der Waals surface area contributed by atoms with Crippen molar-refractivity contribution in [1.29, 1.82) is 0 Å². The highest BCUT2D eigenvalue weighted by Gasteiger charge is 2.33. The minimum absolute atomic E-state index is 0.0465. The van der Waals surface area contributed by atoms with E-state index in [1.165, 1.54) is 12.1 Å². The first-order valence-corrected chi connectivity index (χ1v) is 9.76. The first-order valence-electron chi connectivity index (χ1n) is 8.28. The highest BCUT2D eigenvalue weighted by atomic mass is 32.2. The van der Waals surface area contributed by atoms with Gasteiger partial charge in [0.05, 0.1) is 36.2 Å². The molecule has 27 heavy (non-hydrogen) atoms. The Kier molecular flexibility index (Phi) is 6.62. The molecular weight excluding hydrogens is 372 g/mol. The molecule has 2 rings (SSSR count). The molecular formula is C18H20N2O6S. The highest BCUT2D eigenvalue weighted by molar-refractivity contribution is 7.91. The summed E-state index contributed by atoms with van der Waals surface area (Å²) < 4.78 is 35.0. The van der Waals surface area contributed by atoms with E-state index in [1.54, 1.807) is 26.0 Å². The molecule has 0 spiro atoms. The van der Waals surface area contributed by atoms with Crippen LogP contribution in [0.1, 0.15) is 31.0 Å². The van der Waals surface area contributed by atoms with Crippen molar-refractivity contribution in [3.8, 4) is 0 Å². The van der Waals surface area contributed by atoms with Crippen LogP contribution in [-0.2, 0) is 28.9 Å². The molecule has 8 nitrogen and oxygen atoms in total. The molecule has 0 radical (unpaired) electrons. The number of esters is 2. The molecule has 0 aliphatic carbocycles. The van der Waals surface area contributed by atoms with E-state index in [0.717, 1.165) is 18.0 Å². The smallest absolute Gasteiger partial charge is 0.326 e. The zero-order valence-corrected chi connectivity index (χ0v) is 16.0. The Morgan fingerprint density at radius 3 is 1.96 bits per heavy atom. The summed E-state index contributed by atoms with van der Waals surface area (Å²) in [7, 11) is -3.87. The second-order valence-corrected chi connectivity index (χ2v) is 7.43. The van der Waals surface area contributed by atoms with Crippen LogP contribution in [-0.4, -0.2) is 43.5 Å². The van der Waals surface area contributed by atoms with E-state index in [9.17, 15) is 18.0 Å². The number of carbonyl (C=O) groups is 2. The maximum absolute atomic E-state index is 12.6. The minimum atomic E-state index is -3.87. The van der Waals surface area contributed by atoms with Gasteiger partial charge in [0.1, 0.15) is 0 Å². The third-order valence-electron chi connectivity index (χ3n) is 3.60. The summed E-state index contributed by atoms with van der Waals surface area (Å²) in [5.74, 6) is -3.09. The van der Waals surface area contributed by atoms with E-state index in [-0.39, 0.29) is 28.8 Å². The number of aryl methyl sites for hydroxylation is 1. The molecule has 2 aromatic rings. The van der Waals surface area contributed by atoms with Gasteiger partial charge in [-0.3, -0.25) is 14.6 Å². The number of hydrogen-bond donors (Lipinski definition) is 0. The first kappa shape index (κ1) is 20.5. The van der Waals surface area contributed by atoms with Crippen molar-refractivity contribution in [2.45, 2.75) is 36.6 Å². The van der Waals surface area contributed by atoms with Gasteiger partial charge in [-0.1, -0.05) is 17.7 Å². The van der Waals surface area contributed by atoms with E-state index in [0.29, 0.717) is 0 Å². The van der Waals surface area contributed by atoms with E-state index < -0.39 is 27.7 Å². The molecule has 0 saturated heterocycles. The first-order chi connectivity index (χ1) is 12.8. The number of hydrogen-bond acceptors (Lipinski definition) is 8. The quantitative estimate of drug-likeness (QED) is 0.518. The molecule has 0 aliphatic heterocycles. The van der Waals surface area contributed by atoms with E-state index in [2.05, 4.69) is 9.97 Å². The fourth-order valence-corrected chi connectivity index (χ4v) is 3.36. The molecule has 0 fully saturated rings. The molecule has 0 bridgehead atoms. The Hall–Kier alpha value is -2.81. The van der Waals surface area contributed by atoms with Gasteiger partial charge < -0.3 is 9.47 Å². The summed E-state index contributed by atoms with van der Waals surface area (Å²) >= 11 is 0. The summed E-state index contributed by atoms with van der Waals surface area (Å²) in [4.78, 5) is 32.1. The summed E-state index contributed by atoms with van der Waals surface area (Å²) in [6.45, 7) is 5.19. The average Bonchev–Trinajstić information content (AvgIpc) is 2.63. The molecule has 0 unspecified atom stereocenters. The van der Waals surface area contributed by atoms with Gasteiger partial charge in [-0.2, -0.15) is 0 Å². The molecule has 0 atom stereocenters. The Morgan fingerprint density at radius 2 is 1.52 bits per heavy atom. The monoisotopic (exact) mass is 392 g/mol. The molecule has 9 heteroatoms. The van der Waals surface area contributed by atoms with E-state index in [4.69, 9.17) is 9.47 Å². The van der Waals surface area contributed by atoms with Crippen molar-refractivity contribution in [2.24, 2.45) is 0 Å². The molecule has 0 aliphatic rings. The molecule has 1 heterocycles. The normalized spacial score (nSPS) is 11.3. The van der Waals surface area contributed by atoms with Crippen LogP contribution in [0.4, 0.5) is 0 Å². The van der Waals surface area contributed by atoms with Gasteiger partial charge >= 0.3 is 11.9 Å². The Bertz CT molecular complexity index is 890. The zero-order valence-electron chi connectivity index (χ0n) is 15.2. The molecule has 0 amide bonds. The fourth-order valence-electron chi connectivity index (χ4n) is 2.24. The number of carbonyl (C=O) groups excluding carboxylic acids is 2. The van der Waals surface area contributed by atoms with Crippen LogP contribution in [0.15, 0.2) is 46.6 Å². The van der Waals surface area contributed by atoms with Gasteiger partial charge in [0.2, 0.25) is 9.84 Å². The van der Waals surface area contributed by atoms with Crippen LogP contribution in [0, 0.1) is 6.92 Å². The number of benzene rings is 1. The van der Waals surface area contributed by atoms with Gasteiger partial charge in [0.25, 0.3) is 0 Å². The number of rotatable bonds is 7. The highest BCUT2D eigenvalue weighted by Crippen LogP contribution is 2.21. The zero-order chi connectivity index (χ0) is 20.0. The molecule has 0 N–H and O–H groups in total. The lowest BCUT2D eigenvalue weighted by atomic mass is 10.1. The topological polar surface area (TPSA) is 113 Å². The van der Waals surface area contributed by atoms with Crippen LogP contribution in [0.5, 0.6) is 0 Å². The largest absolute Gasteiger partial charge is 0.465 e. The Balaban J connectivity index is 2.37. The predicted octanol–water partition coefficient (Wildman–Crippen LogP) is 1.83. The number of ether oxygens (including phenoxy) is 2. The standard InChI is InChI=1S/C18H20N2O6S/c1-4-25-17(21)16(18(22)26-5-2)14-10-20-15(11-19-14)27(23,24)13-8-6-12(3)7-9-13/h6-11,16H,4-5H2,1-3H3. The van der Waals surface area contributed by atoms with Crippen LogP contribution in [0.2, 0.25) is 0 Å². The van der Waals surface area contributed by atoms with Crippen LogP contribution in [0.25, 0.3) is 0 Å². The van der Waals surface area contributed by atoms with E-state index >= 15 is 0 Å². The van der Waals surface area contributed by atoms with Gasteiger partial charge in [0.15, 0.2) is 10.9 Å². The van der Waals surface area contributed by atoms with Gasteiger partial charge in [-0.05, 0) is 32.9 Å². The predicted molar refractivity (Wildman–Crippen MR) is 94.7 cm³/mol. The average molecular weight is 392 g/mol. The van der Waals surface area contributed by atoms with Gasteiger partial charge in [0, 0.05) is 0 Å². The lowest BCUT2D eigenvalue weighted by Gasteiger charge is -2.14. The summed E-state index contributed by atoms with van der Waals surface area (Å²) in [5.41, 5.74) is 0.872. The van der Waals surface area contributed by atoms with Crippen LogP contribution < -0.4 is 0 Å². The summed E-state index contributed by atoms with van der Waals surface area (Å²) in [5, 5.41) is -0.290. The van der Waals surface area contributed by atoms with Crippen molar-refractivity contribution in [3.05, 3.63) is 47.9 Å². The Labute approximate surface area is 157 Å². The third-order valence-corrected chi connectivity index (χ3v) is 5.25. The second kappa shape index (κ2) is 8.72. The number of aromatic nitrogens is 2. The minimum Gasteiger partial charge on any atom is -0.465 e. The van der Waals surface area contributed by atoms with Crippen molar-refractivity contribution in [2.75, 3.05) is 13.2 Å². The van der Waals surface area contributed by atoms with E-state index in [1.807, 2.05) is 6.92 Å². The maximum Gasteiger partial charge on any atom is 0.326 e. The summed E-state index contributed by atoms with van der Waals surface area (Å²) in [6, 6.07) is 6.29. The van der Waals surface area contributed by atoms with Gasteiger partial charge in [-0.25, -0.2) is 13.4 Å². The third kappa shape index (κ3) is 4.68. The molecule has 1 aromatic carbocycles. The van der Waals surface area contributed by atoms with Crippen molar-refractivity contribution < 1.29 is 27.5 Å². The number of nitrogens with zero attached hydrogens (tertiary/aromatic N) is 2. The Morgan fingerprint density at radius 1 is 0.963 bits per heavy atom. The summed E-state index contributed by atoms with van der Waals surface area (Å²) in [6.07, 6.45) is 2.08. The van der Waals surface area contributed by atoms with Crippen molar-refractivity contribution >= 4 is 21.8 Å². The molecule has 0 saturated carbocycles. The maximum atomic E-state index is 12.6. The number of sulfone groups is 1. The lowest BCUT2D eigenvalue weighted by Crippen LogP contribution is -2.27. The molecule has 144 valence electrons. The van der Waals surface area contributed by atoms with Crippen molar-refractivity contribution in [3.63, 3.8) is 0 Å². The fraction of sp³-hybridized carbons (Fsp3) is 0.333. The SMILES string of the molecule is CCOC(=O)C(C(=O)OCC)c1cnc(S(=O)(=O)c2ccc(C)cc2)cn1. The van der Waals surface area contributed by atoms with Crippen LogP contribution >= 0.6 is 0 Å².